The number of ether oxygens (including phenoxy) is 1. The summed E-state index contributed by atoms with van der Waals surface area (Å²) >= 11 is 0. The van der Waals surface area contributed by atoms with Crippen LogP contribution in [0, 0.1) is 17.9 Å². The number of rotatable bonds is 6. The van der Waals surface area contributed by atoms with Gasteiger partial charge in [-0.2, -0.15) is 26.3 Å². The summed E-state index contributed by atoms with van der Waals surface area (Å²) in [5, 5.41) is 3.40. The zero-order valence-corrected chi connectivity index (χ0v) is 20.0. The third-order valence-electron chi connectivity index (χ3n) is 6.41. The number of halogens is 6. The van der Waals surface area contributed by atoms with Crippen molar-refractivity contribution in [3.05, 3.63) is 70.8 Å². The van der Waals surface area contributed by atoms with E-state index in [1.807, 2.05) is 30.3 Å². The molecule has 0 unspecified atom stereocenters. The van der Waals surface area contributed by atoms with Gasteiger partial charge < -0.3 is 4.74 Å². The Morgan fingerprint density at radius 3 is 2.27 bits per heavy atom. The van der Waals surface area contributed by atoms with Crippen molar-refractivity contribution in [3.8, 4) is 12.0 Å². The van der Waals surface area contributed by atoms with Crippen molar-refractivity contribution < 1.29 is 35.9 Å². The largest absolute Gasteiger partial charge is 0.439 e. The normalized spacial score (nSPS) is 20.9. The molecule has 1 aliphatic rings. The summed E-state index contributed by atoms with van der Waals surface area (Å²) in [4.78, 5) is 14.9. The molecule has 0 radical (unpaired) electrons. The number of piperidine rings is 1. The van der Waals surface area contributed by atoms with Gasteiger partial charge in [0.25, 0.3) is 0 Å². The van der Waals surface area contributed by atoms with Crippen LogP contribution in [0.15, 0.2) is 53.5 Å². The van der Waals surface area contributed by atoms with Gasteiger partial charge in [-0.1, -0.05) is 30.3 Å². The Morgan fingerprint density at radius 2 is 1.76 bits per heavy atom. The van der Waals surface area contributed by atoms with Crippen LogP contribution in [0.3, 0.4) is 0 Å². The van der Waals surface area contributed by atoms with E-state index in [2.05, 4.69) is 29.1 Å². The van der Waals surface area contributed by atoms with Gasteiger partial charge in [0.1, 0.15) is 17.7 Å². The van der Waals surface area contributed by atoms with Gasteiger partial charge in [-0.15, -0.1) is 0 Å². The molecule has 3 atom stereocenters. The molecule has 10 heteroatoms. The van der Waals surface area contributed by atoms with Crippen LogP contribution in [0.1, 0.15) is 61.0 Å². The van der Waals surface area contributed by atoms with Crippen molar-refractivity contribution in [2.45, 2.75) is 56.6 Å². The van der Waals surface area contributed by atoms with Gasteiger partial charge in [0.2, 0.25) is 5.91 Å². The molecule has 1 heterocycles. The topological polar surface area (TPSA) is 50.7 Å². The lowest BCUT2D eigenvalue weighted by Gasteiger charge is -2.38. The number of benzene rings is 2. The SMILES string of the molecule is C=NC(=O)CC[C@H]1CC[C@@](C#CO[C@H](C)c2cc(C(F)(F)F)cc(C(F)(F)F)c2)(c2ccccc2)NC1. The number of amides is 1. The lowest BCUT2D eigenvalue weighted by molar-refractivity contribution is -0.143. The first-order chi connectivity index (χ1) is 17.3. The Morgan fingerprint density at radius 1 is 1.14 bits per heavy atom. The Balaban J connectivity index is 1.82. The van der Waals surface area contributed by atoms with E-state index in [-0.39, 0.29) is 29.9 Å². The number of carbonyl (C=O) groups excluding carboxylic acids is 1. The second-order valence-corrected chi connectivity index (χ2v) is 8.97. The average Bonchev–Trinajstić information content (AvgIpc) is 2.87. The van der Waals surface area contributed by atoms with Crippen LogP contribution < -0.4 is 5.32 Å². The van der Waals surface area contributed by atoms with Crippen molar-refractivity contribution in [2.75, 3.05) is 6.54 Å². The van der Waals surface area contributed by atoms with Crippen LogP contribution in [-0.4, -0.2) is 19.2 Å². The summed E-state index contributed by atoms with van der Waals surface area (Å²) in [6.45, 7) is 5.12. The first-order valence-electron chi connectivity index (χ1n) is 11.6. The predicted octanol–water partition coefficient (Wildman–Crippen LogP) is 6.67. The van der Waals surface area contributed by atoms with Crippen molar-refractivity contribution in [1.29, 1.82) is 0 Å². The van der Waals surface area contributed by atoms with E-state index < -0.39 is 35.1 Å². The summed E-state index contributed by atoms with van der Waals surface area (Å²) in [5.41, 5.74) is -3.09. The smallest absolute Gasteiger partial charge is 0.416 e. The lowest BCUT2D eigenvalue weighted by Crippen LogP contribution is -2.48. The number of nitrogens with zero attached hydrogens (tertiary/aromatic N) is 1. The first-order valence-corrected chi connectivity index (χ1v) is 11.6. The molecule has 37 heavy (non-hydrogen) atoms. The molecule has 1 saturated heterocycles. The summed E-state index contributed by atoms with van der Waals surface area (Å²) < 4.78 is 84.7. The van der Waals surface area contributed by atoms with Crippen LogP contribution >= 0.6 is 0 Å². The molecule has 2 aromatic rings. The van der Waals surface area contributed by atoms with Crippen LogP contribution in [-0.2, 0) is 27.4 Å². The molecule has 4 nitrogen and oxygen atoms in total. The molecule has 1 aliphatic heterocycles. The lowest BCUT2D eigenvalue weighted by atomic mass is 9.78. The highest BCUT2D eigenvalue weighted by atomic mass is 19.4. The Hall–Kier alpha value is -3.32. The number of nitrogens with one attached hydrogen (secondary N) is 1. The molecule has 1 amide bonds. The second kappa shape index (κ2) is 11.4. The molecular weight excluding hydrogens is 498 g/mol. The molecule has 0 spiro atoms. The minimum absolute atomic E-state index is 0.0767. The molecule has 1 fully saturated rings. The Labute approximate surface area is 211 Å². The van der Waals surface area contributed by atoms with Gasteiger partial charge in [0.05, 0.1) is 11.1 Å². The average molecular weight is 525 g/mol. The molecular formula is C27H26F6N2O2. The van der Waals surface area contributed by atoms with Gasteiger partial charge >= 0.3 is 12.4 Å². The van der Waals surface area contributed by atoms with E-state index in [0.29, 0.717) is 31.5 Å². The van der Waals surface area contributed by atoms with Crippen LogP contribution in [0.25, 0.3) is 0 Å². The maximum absolute atomic E-state index is 13.2. The minimum Gasteiger partial charge on any atom is -0.439 e. The van der Waals surface area contributed by atoms with Gasteiger partial charge in [0.15, 0.2) is 0 Å². The number of hydrogen-bond acceptors (Lipinski definition) is 3. The van der Waals surface area contributed by atoms with E-state index in [1.54, 1.807) is 0 Å². The third-order valence-corrected chi connectivity index (χ3v) is 6.41. The number of hydrogen-bond donors (Lipinski definition) is 1. The monoisotopic (exact) mass is 524 g/mol. The quantitative estimate of drug-likeness (QED) is 0.261. The van der Waals surface area contributed by atoms with Crippen LogP contribution in [0.2, 0.25) is 0 Å². The first kappa shape index (κ1) is 28.3. The van der Waals surface area contributed by atoms with Crippen LogP contribution in [0.5, 0.6) is 0 Å². The predicted molar refractivity (Wildman–Crippen MR) is 126 cm³/mol. The van der Waals surface area contributed by atoms with Crippen molar-refractivity contribution in [3.63, 3.8) is 0 Å². The van der Waals surface area contributed by atoms with Crippen molar-refractivity contribution in [1.82, 2.24) is 5.32 Å². The maximum atomic E-state index is 13.2. The second-order valence-electron chi connectivity index (χ2n) is 8.97. The van der Waals surface area contributed by atoms with Gasteiger partial charge in [-0.05, 0) is 80.6 Å². The van der Waals surface area contributed by atoms with Gasteiger partial charge in [-0.25, -0.2) is 4.99 Å². The van der Waals surface area contributed by atoms with E-state index in [0.717, 1.165) is 12.0 Å². The van der Waals surface area contributed by atoms with E-state index in [1.165, 1.54) is 6.92 Å². The standard InChI is InChI=1S/C27H26F6N2O2/c1-18(20-14-22(26(28,29)30)16-23(15-20)27(31,32)33)37-13-12-25(21-6-4-3-5-7-21)11-10-19(17-35-25)8-9-24(36)34-2/h3-7,14-16,18-19,35H,2,8-11,17H2,1H3/t18-,19+,25-/m1/s1. The number of carbonyl (C=O) groups is 1. The molecule has 0 aromatic heterocycles. The highest BCUT2D eigenvalue weighted by Crippen LogP contribution is 2.38. The molecule has 0 saturated carbocycles. The van der Waals surface area contributed by atoms with Gasteiger partial charge in [0, 0.05) is 6.42 Å². The zero-order valence-electron chi connectivity index (χ0n) is 20.0. The molecule has 198 valence electrons. The fourth-order valence-corrected chi connectivity index (χ4v) is 4.22. The fourth-order valence-electron chi connectivity index (χ4n) is 4.22. The van der Waals surface area contributed by atoms with Crippen molar-refractivity contribution >= 4 is 12.6 Å². The highest BCUT2D eigenvalue weighted by Gasteiger charge is 2.38. The Bertz CT molecular complexity index is 1130. The summed E-state index contributed by atoms with van der Waals surface area (Å²) in [5.74, 6) is 2.95. The van der Waals surface area contributed by atoms with E-state index >= 15 is 0 Å². The molecule has 1 N–H and O–H groups in total. The maximum Gasteiger partial charge on any atom is 0.416 e. The zero-order chi connectivity index (χ0) is 27.3. The number of alkyl halides is 6. The summed E-state index contributed by atoms with van der Waals surface area (Å²) in [7, 11) is 0. The van der Waals surface area contributed by atoms with Crippen molar-refractivity contribution in [2.24, 2.45) is 10.9 Å². The molecule has 0 bridgehead atoms. The molecule has 2 aromatic carbocycles. The van der Waals surface area contributed by atoms with E-state index in [9.17, 15) is 31.1 Å². The van der Waals surface area contributed by atoms with Gasteiger partial charge in [-0.3, -0.25) is 10.1 Å². The van der Waals surface area contributed by atoms with Crippen LogP contribution in [0.4, 0.5) is 26.3 Å². The third kappa shape index (κ3) is 7.35. The minimum atomic E-state index is -4.95. The summed E-state index contributed by atoms with van der Waals surface area (Å²) in [6, 6.07) is 10.6. The summed E-state index contributed by atoms with van der Waals surface area (Å²) in [6.07, 6.45) is -6.31. The fraction of sp³-hybridized carbons (Fsp3) is 0.407. The number of aliphatic imine (C=N–C) groups is 1. The molecule has 0 aliphatic carbocycles. The van der Waals surface area contributed by atoms with E-state index in [4.69, 9.17) is 4.74 Å². The highest BCUT2D eigenvalue weighted by molar-refractivity contribution is 5.80. The Kier molecular flexibility index (Phi) is 8.69. The molecule has 3 rings (SSSR count).